The quantitative estimate of drug-likeness (QED) is 0.860. The fraction of sp³-hybridized carbons (Fsp3) is 0.316. The van der Waals surface area contributed by atoms with Crippen LogP contribution in [0.2, 0.25) is 0 Å². The van der Waals surface area contributed by atoms with Crippen molar-refractivity contribution in [2.24, 2.45) is 5.92 Å². The maximum Gasteiger partial charge on any atom is 0.232 e. The molecule has 1 fully saturated rings. The van der Waals surface area contributed by atoms with E-state index in [0.717, 1.165) is 11.4 Å². The minimum absolute atomic E-state index is 0.122. The summed E-state index contributed by atoms with van der Waals surface area (Å²) in [7, 11) is 0. The number of nitrogens with one attached hydrogen (secondary N) is 2. The molecule has 1 aliphatic rings. The molecule has 2 N–H and O–H groups in total. The van der Waals surface area contributed by atoms with Gasteiger partial charge in [0.15, 0.2) is 0 Å². The Morgan fingerprint density at radius 2 is 1.70 bits per heavy atom. The molecule has 2 heterocycles. The van der Waals surface area contributed by atoms with Gasteiger partial charge < -0.3 is 10.2 Å². The molecule has 140 valence electrons. The molecular weight excluding hydrogens is 346 g/mol. The van der Waals surface area contributed by atoms with E-state index in [9.17, 15) is 14.4 Å². The van der Waals surface area contributed by atoms with Crippen molar-refractivity contribution >= 4 is 35.0 Å². The molecule has 0 aliphatic carbocycles. The molecule has 3 amide bonds. The van der Waals surface area contributed by atoms with E-state index < -0.39 is 5.92 Å². The van der Waals surface area contributed by atoms with E-state index in [1.807, 2.05) is 19.9 Å². The van der Waals surface area contributed by atoms with Crippen molar-refractivity contribution in [1.29, 1.82) is 0 Å². The Labute approximate surface area is 157 Å². The van der Waals surface area contributed by atoms with Gasteiger partial charge in [0.1, 0.15) is 0 Å². The molecule has 3 rings (SSSR count). The molecule has 8 heteroatoms. The largest absolute Gasteiger partial charge is 0.326 e. The summed E-state index contributed by atoms with van der Waals surface area (Å²) in [5, 5.41) is 5.38. The predicted molar refractivity (Wildman–Crippen MR) is 101 cm³/mol. The van der Waals surface area contributed by atoms with Crippen LogP contribution >= 0.6 is 0 Å². The molecule has 2 aromatic rings. The maximum absolute atomic E-state index is 12.5. The number of aryl methyl sites for hydroxylation is 2. The number of hydrogen-bond acceptors (Lipinski definition) is 5. The molecule has 1 saturated heterocycles. The average Bonchev–Trinajstić information content (AvgIpc) is 2.96. The number of rotatable bonds is 4. The summed E-state index contributed by atoms with van der Waals surface area (Å²) in [5.74, 6) is -0.778. The van der Waals surface area contributed by atoms with Gasteiger partial charge in [-0.1, -0.05) is 0 Å². The summed E-state index contributed by atoms with van der Waals surface area (Å²) in [4.78, 5) is 45.9. The lowest BCUT2D eigenvalue weighted by molar-refractivity contribution is -0.122. The van der Waals surface area contributed by atoms with E-state index in [4.69, 9.17) is 0 Å². The molecular formula is C19H21N5O3. The fourth-order valence-electron chi connectivity index (χ4n) is 3.05. The van der Waals surface area contributed by atoms with Crippen LogP contribution in [0.3, 0.4) is 0 Å². The van der Waals surface area contributed by atoms with Crippen molar-refractivity contribution in [2.75, 3.05) is 22.1 Å². The third kappa shape index (κ3) is 4.46. The van der Waals surface area contributed by atoms with Crippen LogP contribution in [0.25, 0.3) is 0 Å². The minimum atomic E-state index is -0.475. The Morgan fingerprint density at radius 3 is 2.30 bits per heavy atom. The Morgan fingerprint density at radius 1 is 1.07 bits per heavy atom. The molecule has 0 bridgehead atoms. The normalized spacial score (nSPS) is 16.3. The van der Waals surface area contributed by atoms with Crippen LogP contribution in [-0.4, -0.2) is 34.2 Å². The first-order chi connectivity index (χ1) is 12.8. The topological polar surface area (TPSA) is 104 Å². The molecule has 0 unspecified atom stereocenters. The number of hydrogen-bond donors (Lipinski definition) is 2. The first-order valence-corrected chi connectivity index (χ1v) is 8.63. The van der Waals surface area contributed by atoms with Crippen molar-refractivity contribution in [2.45, 2.75) is 27.2 Å². The second-order valence-corrected chi connectivity index (χ2v) is 6.60. The van der Waals surface area contributed by atoms with Gasteiger partial charge in [0.2, 0.25) is 23.7 Å². The standard InChI is InChI=1S/C19H21N5O3/c1-11-8-12(2)21-19(20-11)23-18(27)14-9-17(26)24(10-14)16-6-4-15(5-7-16)22-13(3)25/h4-8,14H,9-10H2,1-3H3,(H,22,25)(H,20,21,23,27)/t14-/m0/s1. The van der Waals surface area contributed by atoms with Crippen molar-refractivity contribution in [1.82, 2.24) is 9.97 Å². The monoisotopic (exact) mass is 367 g/mol. The van der Waals surface area contributed by atoms with Crippen LogP contribution in [0.5, 0.6) is 0 Å². The van der Waals surface area contributed by atoms with Gasteiger partial charge >= 0.3 is 0 Å². The molecule has 1 aliphatic heterocycles. The summed E-state index contributed by atoms with van der Waals surface area (Å²) in [5.41, 5.74) is 2.87. The van der Waals surface area contributed by atoms with Crippen LogP contribution in [0, 0.1) is 19.8 Å². The summed E-state index contributed by atoms with van der Waals surface area (Å²) >= 11 is 0. The minimum Gasteiger partial charge on any atom is -0.326 e. The van der Waals surface area contributed by atoms with Gasteiger partial charge in [-0.2, -0.15) is 0 Å². The number of nitrogens with zero attached hydrogens (tertiary/aromatic N) is 3. The van der Waals surface area contributed by atoms with Gasteiger partial charge in [-0.15, -0.1) is 0 Å². The van der Waals surface area contributed by atoms with E-state index in [0.29, 0.717) is 11.4 Å². The highest BCUT2D eigenvalue weighted by atomic mass is 16.2. The lowest BCUT2D eigenvalue weighted by Gasteiger charge is -2.17. The maximum atomic E-state index is 12.5. The average molecular weight is 367 g/mol. The third-order valence-electron chi connectivity index (χ3n) is 4.21. The number of amides is 3. The Hall–Kier alpha value is -3.29. The van der Waals surface area contributed by atoms with Gasteiger partial charge in [0.05, 0.1) is 5.92 Å². The van der Waals surface area contributed by atoms with Crippen LogP contribution in [0.15, 0.2) is 30.3 Å². The highest BCUT2D eigenvalue weighted by Crippen LogP contribution is 2.27. The zero-order chi connectivity index (χ0) is 19.6. The summed E-state index contributed by atoms with van der Waals surface area (Å²) < 4.78 is 0. The van der Waals surface area contributed by atoms with E-state index in [1.54, 1.807) is 29.2 Å². The van der Waals surface area contributed by atoms with Crippen LogP contribution in [-0.2, 0) is 14.4 Å². The molecule has 0 saturated carbocycles. The molecule has 0 radical (unpaired) electrons. The first kappa shape index (κ1) is 18.5. The van der Waals surface area contributed by atoms with Gasteiger partial charge in [0.25, 0.3) is 0 Å². The zero-order valence-electron chi connectivity index (χ0n) is 15.4. The molecule has 0 spiro atoms. The number of benzene rings is 1. The van der Waals surface area contributed by atoms with E-state index in [2.05, 4.69) is 20.6 Å². The zero-order valence-corrected chi connectivity index (χ0v) is 15.4. The van der Waals surface area contributed by atoms with Crippen molar-refractivity contribution < 1.29 is 14.4 Å². The Bertz CT molecular complexity index is 874. The van der Waals surface area contributed by atoms with E-state index >= 15 is 0 Å². The summed E-state index contributed by atoms with van der Waals surface area (Å²) in [6.07, 6.45) is 0.129. The van der Waals surface area contributed by atoms with E-state index in [-0.39, 0.29) is 36.6 Å². The van der Waals surface area contributed by atoms with Gasteiger partial charge in [-0.25, -0.2) is 9.97 Å². The molecule has 1 aromatic carbocycles. The van der Waals surface area contributed by atoms with Crippen LogP contribution < -0.4 is 15.5 Å². The SMILES string of the molecule is CC(=O)Nc1ccc(N2C[C@@H](C(=O)Nc3nc(C)cc(C)n3)CC2=O)cc1. The summed E-state index contributed by atoms with van der Waals surface area (Å²) in [6.45, 7) is 5.38. The van der Waals surface area contributed by atoms with Crippen molar-refractivity contribution in [3.05, 3.63) is 41.7 Å². The highest BCUT2D eigenvalue weighted by molar-refractivity contribution is 6.03. The Balaban J connectivity index is 1.67. The lowest BCUT2D eigenvalue weighted by atomic mass is 10.1. The lowest BCUT2D eigenvalue weighted by Crippen LogP contribution is -2.28. The predicted octanol–water partition coefficient (Wildman–Crippen LogP) is 2.04. The smallest absolute Gasteiger partial charge is 0.232 e. The second-order valence-electron chi connectivity index (χ2n) is 6.60. The van der Waals surface area contributed by atoms with Gasteiger partial charge in [0, 0.05) is 42.7 Å². The van der Waals surface area contributed by atoms with Crippen molar-refractivity contribution in [3.63, 3.8) is 0 Å². The molecule has 8 nitrogen and oxygen atoms in total. The Kier molecular flexibility index (Phi) is 5.16. The number of aromatic nitrogens is 2. The van der Waals surface area contributed by atoms with Gasteiger partial charge in [-0.05, 0) is 44.2 Å². The van der Waals surface area contributed by atoms with E-state index in [1.165, 1.54) is 6.92 Å². The first-order valence-electron chi connectivity index (χ1n) is 8.63. The second kappa shape index (κ2) is 7.53. The number of anilines is 3. The number of carbonyl (C=O) groups is 3. The van der Waals surface area contributed by atoms with Crippen LogP contribution in [0.1, 0.15) is 24.7 Å². The van der Waals surface area contributed by atoms with Gasteiger partial charge in [-0.3, -0.25) is 19.7 Å². The fourth-order valence-corrected chi connectivity index (χ4v) is 3.05. The number of carbonyl (C=O) groups excluding carboxylic acids is 3. The third-order valence-corrected chi connectivity index (χ3v) is 4.21. The van der Waals surface area contributed by atoms with Crippen LogP contribution in [0.4, 0.5) is 17.3 Å². The molecule has 27 heavy (non-hydrogen) atoms. The summed E-state index contributed by atoms with van der Waals surface area (Å²) in [6, 6.07) is 8.76. The molecule has 1 aromatic heterocycles. The van der Waals surface area contributed by atoms with Crippen molar-refractivity contribution in [3.8, 4) is 0 Å². The molecule has 1 atom stereocenters. The highest BCUT2D eigenvalue weighted by Gasteiger charge is 2.35.